The molecule has 0 aliphatic heterocycles. The van der Waals surface area contributed by atoms with E-state index in [4.69, 9.17) is 8.83 Å². The highest BCUT2D eigenvalue weighted by atomic mass is 16.3. The predicted octanol–water partition coefficient (Wildman–Crippen LogP) is 3.85. The van der Waals surface area contributed by atoms with Crippen molar-refractivity contribution >= 4 is 16.8 Å². The summed E-state index contributed by atoms with van der Waals surface area (Å²) in [6.45, 7) is 2.14. The van der Waals surface area contributed by atoms with Crippen LogP contribution in [0, 0.1) is 0 Å². The Morgan fingerprint density at radius 2 is 2.16 bits per heavy atom. The summed E-state index contributed by atoms with van der Waals surface area (Å²) in [5.74, 6) is 1.89. The molecule has 3 heterocycles. The second kappa shape index (κ2) is 5.18. The Kier molecular flexibility index (Phi) is 3.23. The van der Waals surface area contributed by atoms with E-state index in [9.17, 15) is 0 Å². The van der Waals surface area contributed by atoms with E-state index < -0.39 is 0 Å². The van der Waals surface area contributed by atoms with Gasteiger partial charge in [-0.15, -0.1) is 0 Å². The average Bonchev–Trinajstić information content (AvgIpc) is 3.08. The summed E-state index contributed by atoms with van der Waals surface area (Å²) in [5, 5.41) is 4.44. The van der Waals surface area contributed by atoms with Crippen molar-refractivity contribution in [2.24, 2.45) is 0 Å². The van der Waals surface area contributed by atoms with Crippen LogP contribution in [0.1, 0.15) is 19.1 Å². The third-order valence-corrected chi connectivity index (χ3v) is 3.17. The van der Waals surface area contributed by atoms with Gasteiger partial charge in [0.05, 0.1) is 17.9 Å². The first-order valence-corrected chi connectivity index (χ1v) is 6.44. The van der Waals surface area contributed by atoms with Gasteiger partial charge in [-0.25, -0.2) is 4.98 Å². The van der Waals surface area contributed by atoms with Gasteiger partial charge in [0.2, 0.25) is 0 Å². The van der Waals surface area contributed by atoms with Crippen LogP contribution in [0.3, 0.4) is 0 Å². The number of nitrogens with one attached hydrogen (secondary N) is 1. The van der Waals surface area contributed by atoms with Gasteiger partial charge >= 0.3 is 0 Å². The van der Waals surface area contributed by atoms with Crippen LogP contribution in [-0.4, -0.2) is 11.0 Å². The lowest BCUT2D eigenvalue weighted by atomic mass is 10.1. The van der Waals surface area contributed by atoms with Gasteiger partial charge in [-0.3, -0.25) is 0 Å². The van der Waals surface area contributed by atoms with E-state index in [-0.39, 0.29) is 0 Å². The number of pyridine rings is 1. The monoisotopic (exact) mass is 256 g/mol. The molecule has 0 amide bonds. The fraction of sp³-hybridized carbons (Fsp3) is 0.267. The quantitative estimate of drug-likeness (QED) is 0.753. The van der Waals surface area contributed by atoms with Gasteiger partial charge in [-0.2, -0.15) is 0 Å². The fourth-order valence-corrected chi connectivity index (χ4v) is 2.13. The van der Waals surface area contributed by atoms with Crippen LogP contribution in [0.25, 0.3) is 11.0 Å². The van der Waals surface area contributed by atoms with Crippen molar-refractivity contribution in [3.05, 3.63) is 48.7 Å². The molecule has 98 valence electrons. The molecule has 0 aromatic carbocycles. The van der Waals surface area contributed by atoms with Crippen molar-refractivity contribution < 1.29 is 8.83 Å². The first-order chi connectivity index (χ1) is 9.33. The first kappa shape index (κ1) is 11.8. The number of hydrogen-bond acceptors (Lipinski definition) is 4. The van der Waals surface area contributed by atoms with Crippen molar-refractivity contribution in [3.63, 3.8) is 0 Å². The topological polar surface area (TPSA) is 51.2 Å². The molecule has 1 unspecified atom stereocenters. The maximum absolute atomic E-state index is 5.36. The molecule has 0 saturated heterocycles. The minimum atomic E-state index is 0.318. The fourth-order valence-electron chi connectivity index (χ4n) is 2.13. The zero-order valence-corrected chi connectivity index (χ0v) is 10.8. The molecule has 0 bridgehead atoms. The van der Waals surface area contributed by atoms with Crippen LogP contribution in [0.4, 0.5) is 5.82 Å². The summed E-state index contributed by atoms with van der Waals surface area (Å²) >= 11 is 0. The van der Waals surface area contributed by atoms with Gasteiger partial charge in [-0.1, -0.05) is 0 Å². The lowest BCUT2D eigenvalue weighted by molar-refractivity contribution is 0.495. The molecule has 0 aliphatic carbocycles. The summed E-state index contributed by atoms with van der Waals surface area (Å²) in [6.07, 6.45) is 7.06. The van der Waals surface area contributed by atoms with Crippen molar-refractivity contribution in [3.8, 4) is 0 Å². The largest absolute Gasteiger partial charge is 0.469 e. The van der Waals surface area contributed by atoms with Crippen molar-refractivity contribution in [2.45, 2.75) is 25.8 Å². The lowest BCUT2D eigenvalue weighted by Crippen LogP contribution is -2.16. The third-order valence-electron chi connectivity index (χ3n) is 3.17. The molecule has 3 aromatic rings. The maximum Gasteiger partial charge on any atom is 0.139 e. The summed E-state index contributed by atoms with van der Waals surface area (Å²) < 4.78 is 10.7. The minimum Gasteiger partial charge on any atom is -0.469 e. The number of aryl methyl sites for hydroxylation is 1. The number of anilines is 1. The van der Waals surface area contributed by atoms with Crippen molar-refractivity contribution in [1.29, 1.82) is 0 Å². The Bertz CT molecular complexity index is 643. The number of hydrogen-bond donors (Lipinski definition) is 1. The standard InChI is InChI=1S/C15H16N2O2/c1-11(4-5-12-3-2-9-18-12)17-15-13-7-10-19-14(13)6-8-16-15/h2-3,6-11H,4-5H2,1H3,(H,16,17). The van der Waals surface area contributed by atoms with E-state index in [2.05, 4.69) is 17.2 Å². The number of nitrogens with zero attached hydrogens (tertiary/aromatic N) is 1. The van der Waals surface area contributed by atoms with E-state index in [0.717, 1.165) is 35.4 Å². The molecule has 19 heavy (non-hydrogen) atoms. The van der Waals surface area contributed by atoms with E-state index >= 15 is 0 Å². The Morgan fingerprint density at radius 3 is 3.00 bits per heavy atom. The van der Waals surface area contributed by atoms with Crippen LogP contribution in [0.2, 0.25) is 0 Å². The van der Waals surface area contributed by atoms with Crippen molar-refractivity contribution in [1.82, 2.24) is 4.98 Å². The van der Waals surface area contributed by atoms with Gasteiger partial charge in [0.15, 0.2) is 0 Å². The second-order valence-corrected chi connectivity index (χ2v) is 4.66. The van der Waals surface area contributed by atoms with Crippen LogP contribution in [-0.2, 0) is 6.42 Å². The smallest absolute Gasteiger partial charge is 0.139 e. The lowest BCUT2D eigenvalue weighted by Gasteiger charge is -2.14. The molecule has 0 fully saturated rings. The van der Waals surface area contributed by atoms with E-state index in [1.807, 2.05) is 24.3 Å². The number of furan rings is 2. The highest BCUT2D eigenvalue weighted by molar-refractivity contribution is 5.87. The number of fused-ring (bicyclic) bond motifs is 1. The molecule has 4 nitrogen and oxygen atoms in total. The Labute approximate surface area is 111 Å². The molecule has 0 saturated carbocycles. The van der Waals surface area contributed by atoms with E-state index in [1.165, 1.54) is 0 Å². The summed E-state index contributed by atoms with van der Waals surface area (Å²) in [5.41, 5.74) is 0.857. The number of aromatic nitrogens is 1. The third kappa shape index (κ3) is 2.62. The van der Waals surface area contributed by atoms with Crippen LogP contribution >= 0.6 is 0 Å². The molecule has 0 aliphatic rings. The molecular formula is C15H16N2O2. The molecule has 1 atom stereocenters. The predicted molar refractivity (Wildman–Crippen MR) is 74.1 cm³/mol. The SMILES string of the molecule is CC(CCc1ccco1)Nc1nccc2occc12. The molecule has 4 heteroatoms. The summed E-state index contributed by atoms with van der Waals surface area (Å²) in [6, 6.07) is 8.04. The number of rotatable bonds is 5. The first-order valence-electron chi connectivity index (χ1n) is 6.44. The molecule has 0 radical (unpaired) electrons. The van der Waals surface area contributed by atoms with Gasteiger partial charge < -0.3 is 14.2 Å². The van der Waals surface area contributed by atoms with Gasteiger partial charge in [-0.05, 0) is 37.6 Å². The zero-order chi connectivity index (χ0) is 13.1. The van der Waals surface area contributed by atoms with Crippen LogP contribution in [0.5, 0.6) is 0 Å². The molecule has 1 N–H and O–H groups in total. The van der Waals surface area contributed by atoms with Crippen LogP contribution in [0.15, 0.2) is 51.8 Å². The zero-order valence-electron chi connectivity index (χ0n) is 10.8. The second-order valence-electron chi connectivity index (χ2n) is 4.66. The highest BCUT2D eigenvalue weighted by Gasteiger charge is 2.09. The average molecular weight is 256 g/mol. The van der Waals surface area contributed by atoms with Crippen molar-refractivity contribution in [2.75, 3.05) is 5.32 Å². The van der Waals surface area contributed by atoms with Gasteiger partial charge in [0.1, 0.15) is 17.2 Å². The Morgan fingerprint density at radius 1 is 1.21 bits per heavy atom. The van der Waals surface area contributed by atoms with E-state index in [0.29, 0.717) is 6.04 Å². The molecular weight excluding hydrogens is 240 g/mol. The maximum atomic E-state index is 5.36. The summed E-state index contributed by atoms with van der Waals surface area (Å²) in [7, 11) is 0. The van der Waals surface area contributed by atoms with Gasteiger partial charge in [0.25, 0.3) is 0 Å². The van der Waals surface area contributed by atoms with E-state index in [1.54, 1.807) is 18.7 Å². The van der Waals surface area contributed by atoms with Gasteiger partial charge in [0, 0.05) is 18.7 Å². The normalized spacial score (nSPS) is 12.7. The molecule has 3 aromatic heterocycles. The molecule has 0 spiro atoms. The Balaban J connectivity index is 1.65. The minimum absolute atomic E-state index is 0.318. The van der Waals surface area contributed by atoms with Crippen LogP contribution < -0.4 is 5.32 Å². The Hall–Kier alpha value is -2.23. The molecule has 3 rings (SSSR count). The highest BCUT2D eigenvalue weighted by Crippen LogP contribution is 2.22. The summed E-state index contributed by atoms with van der Waals surface area (Å²) in [4.78, 5) is 4.37.